The number of amides is 2. The lowest BCUT2D eigenvalue weighted by Gasteiger charge is -2.16. The van der Waals surface area contributed by atoms with Crippen LogP contribution in [0.5, 0.6) is 11.5 Å². The van der Waals surface area contributed by atoms with Gasteiger partial charge in [-0.05, 0) is 60.9 Å². The molecule has 0 heterocycles. The number of ketones is 1. The van der Waals surface area contributed by atoms with Gasteiger partial charge in [0, 0.05) is 11.6 Å². The van der Waals surface area contributed by atoms with Crippen molar-refractivity contribution in [2.24, 2.45) is 0 Å². The van der Waals surface area contributed by atoms with Crippen LogP contribution in [0.1, 0.15) is 34.3 Å². The lowest BCUT2D eigenvalue weighted by Crippen LogP contribution is -2.30. The molecule has 0 saturated heterocycles. The molecule has 2 N–H and O–H groups in total. The van der Waals surface area contributed by atoms with E-state index in [1.54, 1.807) is 0 Å². The third-order valence-corrected chi connectivity index (χ3v) is 4.66. The topological polar surface area (TPSA) is 76.7 Å². The zero-order chi connectivity index (χ0) is 23.5. The summed E-state index contributed by atoms with van der Waals surface area (Å²) in [6, 6.07) is 5.12. The predicted molar refractivity (Wildman–Crippen MR) is 109 cm³/mol. The Labute approximate surface area is 181 Å². The van der Waals surface area contributed by atoms with Gasteiger partial charge in [-0.25, -0.2) is 9.18 Å². The summed E-state index contributed by atoms with van der Waals surface area (Å²) in [6.45, 7) is 0. The maximum absolute atomic E-state index is 13.7. The van der Waals surface area contributed by atoms with Crippen LogP contribution < -0.4 is 20.1 Å². The molecule has 1 saturated carbocycles. The van der Waals surface area contributed by atoms with E-state index < -0.39 is 40.9 Å². The summed E-state index contributed by atoms with van der Waals surface area (Å²) in [5, 5.41) is 5.23. The fourth-order valence-electron chi connectivity index (χ4n) is 2.95. The Morgan fingerprint density at radius 3 is 2.22 bits per heavy atom. The van der Waals surface area contributed by atoms with Gasteiger partial charge in [0.1, 0.15) is 22.9 Å². The number of nitrogens with one attached hydrogen (secondary N) is 2. The highest BCUT2D eigenvalue weighted by atomic mass is 19.4. The fourth-order valence-corrected chi connectivity index (χ4v) is 2.95. The second-order valence-corrected chi connectivity index (χ2v) is 7.06. The third-order valence-electron chi connectivity index (χ3n) is 4.66. The molecule has 2 aromatic carbocycles. The van der Waals surface area contributed by atoms with Crippen molar-refractivity contribution in [3.05, 3.63) is 58.9 Å². The first kappa shape index (κ1) is 23.1. The molecule has 0 unspecified atom stereocenters. The normalized spacial score (nSPS) is 13.7. The number of carbonyl (C=O) groups excluding carboxylic acids is 2. The van der Waals surface area contributed by atoms with Gasteiger partial charge >= 0.3 is 12.2 Å². The van der Waals surface area contributed by atoms with Crippen molar-refractivity contribution in [1.29, 1.82) is 0 Å². The van der Waals surface area contributed by atoms with Gasteiger partial charge in [-0.2, -0.15) is 13.2 Å². The van der Waals surface area contributed by atoms with Crippen LogP contribution in [0.25, 0.3) is 6.08 Å². The van der Waals surface area contributed by atoms with E-state index in [1.807, 2.05) is 0 Å². The largest absolute Gasteiger partial charge is 0.496 e. The minimum atomic E-state index is -4.75. The smallest absolute Gasteiger partial charge is 0.423 e. The van der Waals surface area contributed by atoms with Crippen molar-refractivity contribution in [2.75, 3.05) is 19.5 Å². The SMILES string of the molecule is COc1cc(C(=O)/C=C/c2ccc(F)cc2NC(=O)NC2CC2)cc(OC)c1C(F)(F)F. The molecule has 0 radical (unpaired) electrons. The number of anilines is 1. The molecule has 2 aromatic rings. The van der Waals surface area contributed by atoms with Crippen LogP contribution in [-0.4, -0.2) is 32.1 Å². The molecule has 2 amide bonds. The number of alkyl halides is 3. The standard InChI is InChI=1S/C22H20F4N2O4/c1-31-18-9-13(10-19(32-2)20(18)22(24,25)26)17(29)8-4-12-3-5-14(23)11-16(12)28-21(30)27-15-6-7-15/h3-5,8-11,15H,6-7H2,1-2H3,(H2,27,28,30)/b8-4+. The van der Waals surface area contributed by atoms with Gasteiger partial charge in [0.2, 0.25) is 0 Å². The van der Waals surface area contributed by atoms with Crippen LogP contribution in [0.15, 0.2) is 36.4 Å². The van der Waals surface area contributed by atoms with Crippen LogP contribution in [0, 0.1) is 5.82 Å². The molecule has 10 heteroatoms. The number of benzene rings is 2. The van der Waals surface area contributed by atoms with Gasteiger partial charge < -0.3 is 20.1 Å². The summed E-state index contributed by atoms with van der Waals surface area (Å²) in [6.07, 6.45) is -0.580. The zero-order valence-corrected chi connectivity index (χ0v) is 17.2. The Hall–Kier alpha value is -3.56. The molecule has 0 atom stereocenters. The average molecular weight is 452 g/mol. The quantitative estimate of drug-likeness (QED) is 0.351. The predicted octanol–water partition coefficient (Wildman–Crippen LogP) is 5.04. The van der Waals surface area contributed by atoms with E-state index in [0.717, 1.165) is 57.4 Å². The van der Waals surface area contributed by atoms with E-state index in [9.17, 15) is 27.2 Å². The molecule has 6 nitrogen and oxygen atoms in total. The number of carbonyl (C=O) groups is 2. The number of rotatable bonds is 7. The van der Waals surface area contributed by atoms with Crippen LogP contribution >= 0.6 is 0 Å². The molecular weight excluding hydrogens is 432 g/mol. The summed E-state index contributed by atoms with van der Waals surface area (Å²) in [5.74, 6) is -2.36. The van der Waals surface area contributed by atoms with E-state index in [4.69, 9.17) is 9.47 Å². The van der Waals surface area contributed by atoms with Crippen molar-refractivity contribution >= 4 is 23.6 Å². The highest BCUT2D eigenvalue weighted by Crippen LogP contribution is 2.43. The average Bonchev–Trinajstić information content (AvgIpc) is 3.54. The molecule has 0 bridgehead atoms. The van der Waals surface area contributed by atoms with E-state index in [-0.39, 0.29) is 17.3 Å². The van der Waals surface area contributed by atoms with Crippen molar-refractivity contribution in [2.45, 2.75) is 25.1 Å². The maximum Gasteiger partial charge on any atom is 0.423 e. The minimum Gasteiger partial charge on any atom is -0.496 e. The molecule has 0 aliphatic heterocycles. The highest BCUT2D eigenvalue weighted by Gasteiger charge is 2.38. The second kappa shape index (κ2) is 9.29. The Bertz CT molecular complexity index is 1040. The van der Waals surface area contributed by atoms with E-state index in [2.05, 4.69) is 10.6 Å². The lowest BCUT2D eigenvalue weighted by molar-refractivity contribution is -0.139. The van der Waals surface area contributed by atoms with Crippen molar-refractivity contribution in [3.63, 3.8) is 0 Å². The molecule has 1 fully saturated rings. The molecule has 32 heavy (non-hydrogen) atoms. The van der Waals surface area contributed by atoms with Crippen molar-refractivity contribution < 1.29 is 36.6 Å². The summed E-state index contributed by atoms with van der Waals surface area (Å²) < 4.78 is 63.2. The molecule has 1 aliphatic rings. The van der Waals surface area contributed by atoms with Crippen molar-refractivity contribution in [1.82, 2.24) is 5.32 Å². The first-order valence-electron chi connectivity index (χ1n) is 9.55. The van der Waals surface area contributed by atoms with Crippen LogP contribution in [0.4, 0.5) is 28.0 Å². The van der Waals surface area contributed by atoms with E-state index in [0.29, 0.717) is 5.56 Å². The molecule has 0 aromatic heterocycles. The Balaban J connectivity index is 1.87. The molecule has 3 rings (SSSR count). The monoisotopic (exact) mass is 452 g/mol. The summed E-state index contributed by atoms with van der Waals surface area (Å²) >= 11 is 0. The first-order valence-corrected chi connectivity index (χ1v) is 9.55. The summed E-state index contributed by atoms with van der Waals surface area (Å²) in [5.41, 5.74) is -0.771. The highest BCUT2D eigenvalue weighted by molar-refractivity contribution is 6.08. The first-order chi connectivity index (χ1) is 15.1. The summed E-state index contributed by atoms with van der Waals surface area (Å²) in [7, 11) is 2.11. The van der Waals surface area contributed by atoms with Gasteiger partial charge in [-0.15, -0.1) is 0 Å². The van der Waals surface area contributed by atoms with Crippen LogP contribution in [0.2, 0.25) is 0 Å². The zero-order valence-electron chi connectivity index (χ0n) is 17.2. The van der Waals surface area contributed by atoms with Gasteiger partial charge in [0.05, 0.1) is 19.9 Å². The minimum absolute atomic E-state index is 0.0914. The van der Waals surface area contributed by atoms with E-state index >= 15 is 0 Å². The van der Waals surface area contributed by atoms with Gasteiger partial charge in [0.15, 0.2) is 5.78 Å². The summed E-state index contributed by atoms with van der Waals surface area (Å²) in [4.78, 5) is 24.6. The molecule has 1 aliphatic carbocycles. The molecule has 0 spiro atoms. The fraction of sp³-hybridized carbons (Fsp3) is 0.273. The number of halogens is 4. The Morgan fingerprint density at radius 1 is 1.06 bits per heavy atom. The Kier molecular flexibility index (Phi) is 6.71. The lowest BCUT2D eigenvalue weighted by atomic mass is 10.0. The van der Waals surface area contributed by atoms with Gasteiger partial charge in [0.25, 0.3) is 0 Å². The number of hydrogen-bond donors (Lipinski definition) is 2. The number of urea groups is 1. The number of ether oxygens (including phenoxy) is 2. The van der Waals surface area contributed by atoms with Gasteiger partial charge in [-0.1, -0.05) is 0 Å². The molecule has 170 valence electrons. The maximum atomic E-state index is 13.7. The van der Waals surface area contributed by atoms with E-state index in [1.165, 1.54) is 12.1 Å². The number of hydrogen-bond acceptors (Lipinski definition) is 4. The Morgan fingerprint density at radius 2 is 1.69 bits per heavy atom. The van der Waals surface area contributed by atoms with Crippen LogP contribution in [0.3, 0.4) is 0 Å². The van der Waals surface area contributed by atoms with Crippen molar-refractivity contribution in [3.8, 4) is 11.5 Å². The second-order valence-electron chi connectivity index (χ2n) is 7.06. The number of allylic oxidation sites excluding steroid dienone is 1. The molecular formula is C22H20F4N2O4. The van der Waals surface area contributed by atoms with Crippen LogP contribution in [-0.2, 0) is 6.18 Å². The third kappa shape index (κ3) is 5.57. The van der Waals surface area contributed by atoms with Gasteiger partial charge in [-0.3, -0.25) is 4.79 Å². The number of methoxy groups -OCH3 is 2.